The summed E-state index contributed by atoms with van der Waals surface area (Å²) in [5.41, 5.74) is 8.79. The summed E-state index contributed by atoms with van der Waals surface area (Å²) in [5, 5.41) is 0. The highest BCUT2D eigenvalue weighted by molar-refractivity contribution is 5.47. The molecule has 0 bridgehead atoms. The molecular formula is C15H15FN2O. The number of ether oxygens (including phenoxy) is 1. The van der Waals surface area contributed by atoms with Gasteiger partial charge < -0.3 is 10.5 Å². The van der Waals surface area contributed by atoms with Gasteiger partial charge in [0.2, 0.25) is 0 Å². The summed E-state index contributed by atoms with van der Waals surface area (Å²) in [7, 11) is 1.60. The van der Waals surface area contributed by atoms with Gasteiger partial charge in [0.25, 0.3) is 0 Å². The molecule has 4 heteroatoms. The van der Waals surface area contributed by atoms with Gasteiger partial charge in [-0.3, -0.25) is 4.98 Å². The summed E-state index contributed by atoms with van der Waals surface area (Å²) >= 11 is 0. The van der Waals surface area contributed by atoms with Crippen molar-refractivity contribution < 1.29 is 9.13 Å². The quantitative estimate of drug-likeness (QED) is 0.899. The van der Waals surface area contributed by atoms with Crippen LogP contribution >= 0.6 is 0 Å². The highest BCUT2D eigenvalue weighted by Gasteiger charge is 2.37. The molecular weight excluding hydrogens is 243 g/mol. The molecule has 0 saturated carbocycles. The molecule has 1 atom stereocenters. The van der Waals surface area contributed by atoms with Crippen LogP contribution in [0.2, 0.25) is 0 Å². The lowest BCUT2D eigenvalue weighted by Gasteiger charge is -2.26. The minimum absolute atomic E-state index is 0.216. The zero-order valence-electron chi connectivity index (χ0n) is 10.7. The number of methoxy groups -OCH3 is 1. The minimum atomic E-state index is -0.607. The minimum Gasteiger partial charge on any atom is -0.495 e. The van der Waals surface area contributed by atoms with Crippen molar-refractivity contribution in [3.63, 3.8) is 0 Å². The number of hydrogen-bond donors (Lipinski definition) is 1. The summed E-state index contributed by atoms with van der Waals surface area (Å²) in [5.74, 6) is 0.463. The second-order valence-electron chi connectivity index (χ2n) is 4.89. The lowest BCUT2D eigenvalue weighted by molar-refractivity contribution is 0.409. The van der Waals surface area contributed by atoms with Crippen molar-refractivity contribution in [2.75, 3.05) is 7.11 Å². The number of hydrogen-bond acceptors (Lipinski definition) is 3. The molecule has 1 aromatic heterocycles. The number of nitrogens with two attached hydrogens (primary N) is 1. The Morgan fingerprint density at radius 2 is 2.16 bits per heavy atom. The number of aryl methyl sites for hydroxylation is 1. The first-order chi connectivity index (χ1) is 9.13. The van der Waals surface area contributed by atoms with Crippen molar-refractivity contribution in [1.82, 2.24) is 4.98 Å². The SMILES string of the molecule is COc1cncc(C2(N)CCc3cc(F)ccc32)c1. The van der Waals surface area contributed by atoms with Crippen LogP contribution in [0.25, 0.3) is 0 Å². The molecule has 3 nitrogen and oxygen atoms in total. The van der Waals surface area contributed by atoms with Crippen molar-refractivity contribution in [2.45, 2.75) is 18.4 Å². The molecule has 0 spiro atoms. The van der Waals surface area contributed by atoms with Crippen molar-refractivity contribution in [1.29, 1.82) is 0 Å². The fourth-order valence-corrected chi connectivity index (χ4v) is 2.75. The molecule has 3 rings (SSSR count). The van der Waals surface area contributed by atoms with Gasteiger partial charge in [0.1, 0.15) is 11.6 Å². The van der Waals surface area contributed by atoms with E-state index in [1.807, 2.05) is 6.07 Å². The van der Waals surface area contributed by atoms with Crippen molar-refractivity contribution >= 4 is 0 Å². The van der Waals surface area contributed by atoms with Gasteiger partial charge in [0.05, 0.1) is 18.8 Å². The third-order valence-corrected chi connectivity index (χ3v) is 3.80. The molecule has 0 amide bonds. The normalized spacial score (nSPS) is 21.2. The third-order valence-electron chi connectivity index (χ3n) is 3.80. The Kier molecular flexibility index (Phi) is 2.75. The van der Waals surface area contributed by atoms with Crippen LogP contribution < -0.4 is 10.5 Å². The van der Waals surface area contributed by atoms with E-state index in [0.717, 1.165) is 29.5 Å². The van der Waals surface area contributed by atoms with E-state index in [9.17, 15) is 4.39 Å². The van der Waals surface area contributed by atoms with Gasteiger partial charge in [-0.2, -0.15) is 0 Å². The van der Waals surface area contributed by atoms with E-state index < -0.39 is 5.54 Å². The summed E-state index contributed by atoms with van der Waals surface area (Å²) in [6, 6.07) is 6.69. The Morgan fingerprint density at radius 3 is 2.95 bits per heavy atom. The molecule has 0 radical (unpaired) electrons. The fourth-order valence-electron chi connectivity index (χ4n) is 2.75. The van der Waals surface area contributed by atoms with Crippen LogP contribution in [0.3, 0.4) is 0 Å². The van der Waals surface area contributed by atoms with Crippen LogP contribution in [-0.2, 0) is 12.0 Å². The summed E-state index contributed by atoms with van der Waals surface area (Å²) in [6.45, 7) is 0. The second-order valence-corrected chi connectivity index (χ2v) is 4.89. The Labute approximate surface area is 111 Å². The summed E-state index contributed by atoms with van der Waals surface area (Å²) in [6.07, 6.45) is 4.93. The molecule has 1 aromatic carbocycles. The maximum absolute atomic E-state index is 13.3. The van der Waals surface area contributed by atoms with Gasteiger partial charge >= 0.3 is 0 Å². The Morgan fingerprint density at radius 1 is 1.32 bits per heavy atom. The average Bonchev–Trinajstić information content (AvgIpc) is 2.77. The number of halogens is 1. The smallest absolute Gasteiger partial charge is 0.137 e. The zero-order chi connectivity index (χ0) is 13.5. The molecule has 1 aliphatic rings. The largest absolute Gasteiger partial charge is 0.495 e. The first-order valence-corrected chi connectivity index (χ1v) is 6.21. The van der Waals surface area contributed by atoms with Crippen molar-refractivity contribution in [3.8, 4) is 5.75 Å². The maximum Gasteiger partial charge on any atom is 0.137 e. The van der Waals surface area contributed by atoms with Gasteiger partial charge in [-0.05, 0) is 47.7 Å². The van der Waals surface area contributed by atoms with E-state index >= 15 is 0 Å². The Bertz CT molecular complexity index is 629. The van der Waals surface area contributed by atoms with Crippen LogP contribution in [0.5, 0.6) is 5.75 Å². The molecule has 98 valence electrons. The predicted octanol–water partition coefficient (Wildman–Crippen LogP) is 2.38. The highest BCUT2D eigenvalue weighted by atomic mass is 19.1. The van der Waals surface area contributed by atoms with Crippen LogP contribution in [0.1, 0.15) is 23.1 Å². The third kappa shape index (κ3) is 1.88. The molecule has 2 N–H and O–H groups in total. The molecule has 2 aromatic rings. The van der Waals surface area contributed by atoms with Crippen LogP contribution in [0.15, 0.2) is 36.7 Å². The van der Waals surface area contributed by atoms with Gasteiger partial charge in [0.15, 0.2) is 0 Å². The van der Waals surface area contributed by atoms with Gasteiger partial charge in [-0.15, -0.1) is 0 Å². The van der Waals surface area contributed by atoms with E-state index in [2.05, 4.69) is 4.98 Å². The number of aromatic nitrogens is 1. The van der Waals surface area contributed by atoms with Crippen LogP contribution in [0.4, 0.5) is 4.39 Å². The van der Waals surface area contributed by atoms with Crippen LogP contribution in [0, 0.1) is 5.82 Å². The maximum atomic E-state index is 13.3. The van der Waals surface area contributed by atoms with E-state index in [1.54, 1.807) is 31.6 Å². The number of benzene rings is 1. The highest BCUT2D eigenvalue weighted by Crippen LogP contribution is 2.40. The Hall–Kier alpha value is -1.94. The first kappa shape index (κ1) is 12.1. The standard InChI is InChI=1S/C15H15FN2O/c1-19-13-7-11(8-18-9-13)15(17)5-4-10-6-12(16)2-3-14(10)15/h2-3,6-9H,4-5,17H2,1H3. The lowest BCUT2D eigenvalue weighted by Crippen LogP contribution is -2.35. The topological polar surface area (TPSA) is 48.1 Å². The number of nitrogens with zero attached hydrogens (tertiary/aromatic N) is 1. The van der Waals surface area contributed by atoms with Gasteiger partial charge in [-0.25, -0.2) is 4.39 Å². The fraction of sp³-hybridized carbons (Fsp3) is 0.267. The van der Waals surface area contributed by atoms with Gasteiger partial charge in [-0.1, -0.05) is 6.07 Å². The average molecular weight is 258 g/mol. The number of pyridine rings is 1. The number of fused-ring (bicyclic) bond motifs is 1. The molecule has 19 heavy (non-hydrogen) atoms. The van der Waals surface area contributed by atoms with Crippen molar-refractivity contribution in [3.05, 3.63) is 59.2 Å². The molecule has 0 saturated heterocycles. The molecule has 1 unspecified atom stereocenters. The zero-order valence-corrected chi connectivity index (χ0v) is 10.7. The molecule has 1 heterocycles. The van der Waals surface area contributed by atoms with E-state index in [-0.39, 0.29) is 5.82 Å². The second kappa shape index (κ2) is 4.31. The van der Waals surface area contributed by atoms with E-state index in [4.69, 9.17) is 10.5 Å². The van der Waals surface area contributed by atoms with E-state index in [1.165, 1.54) is 6.07 Å². The molecule has 0 aliphatic heterocycles. The molecule has 1 aliphatic carbocycles. The van der Waals surface area contributed by atoms with E-state index in [0.29, 0.717) is 5.75 Å². The first-order valence-electron chi connectivity index (χ1n) is 6.21. The lowest BCUT2D eigenvalue weighted by atomic mass is 9.86. The van der Waals surface area contributed by atoms with Gasteiger partial charge in [0, 0.05) is 6.20 Å². The number of rotatable bonds is 2. The summed E-state index contributed by atoms with van der Waals surface area (Å²) in [4.78, 5) is 4.16. The Balaban J connectivity index is 2.10. The molecule has 0 fully saturated rings. The van der Waals surface area contributed by atoms with Crippen molar-refractivity contribution in [2.24, 2.45) is 5.73 Å². The monoisotopic (exact) mass is 258 g/mol. The predicted molar refractivity (Wildman–Crippen MR) is 70.5 cm³/mol. The summed E-state index contributed by atoms with van der Waals surface area (Å²) < 4.78 is 18.5. The van der Waals surface area contributed by atoms with Crippen LogP contribution in [-0.4, -0.2) is 12.1 Å².